The number of rotatable bonds is 4. The Labute approximate surface area is 114 Å². The molecule has 1 N–H and O–H groups in total. The van der Waals surface area contributed by atoms with Crippen molar-refractivity contribution in [3.8, 4) is 6.07 Å². The lowest BCUT2D eigenvalue weighted by atomic mass is 10.0. The van der Waals surface area contributed by atoms with E-state index >= 15 is 0 Å². The number of nitrogens with one attached hydrogen (secondary N) is 1. The van der Waals surface area contributed by atoms with Gasteiger partial charge in [-0.3, -0.25) is 0 Å². The van der Waals surface area contributed by atoms with Gasteiger partial charge in [-0.1, -0.05) is 6.42 Å². The average Bonchev–Trinajstić information content (AvgIpc) is 2.46. The third-order valence-corrected chi connectivity index (χ3v) is 3.65. The van der Waals surface area contributed by atoms with Crippen molar-refractivity contribution in [2.75, 3.05) is 24.5 Å². The monoisotopic (exact) mass is 261 g/mol. The summed E-state index contributed by atoms with van der Waals surface area (Å²) in [6.07, 6.45) is 3.62. The predicted molar refractivity (Wildman–Crippen MR) is 74.6 cm³/mol. The molecule has 0 saturated carbocycles. The highest BCUT2D eigenvalue weighted by Gasteiger charge is 2.18. The van der Waals surface area contributed by atoms with Gasteiger partial charge < -0.3 is 10.2 Å². The number of nitriles is 1. The maximum atomic E-state index is 14.0. The van der Waals surface area contributed by atoms with Crippen molar-refractivity contribution < 1.29 is 4.39 Å². The number of halogens is 1. The highest BCUT2D eigenvalue weighted by atomic mass is 19.1. The van der Waals surface area contributed by atoms with Gasteiger partial charge in [0.1, 0.15) is 5.82 Å². The first-order valence-corrected chi connectivity index (χ1v) is 6.92. The van der Waals surface area contributed by atoms with E-state index in [9.17, 15) is 4.39 Å². The minimum Gasteiger partial charge on any atom is -0.368 e. The van der Waals surface area contributed by atoms with Crippen molar-refractivity contribution in [3.05, 3.63) is 29.6 Å². The van der Waals surface area contributed by atoms with Crippen molar-refractivity contribution >= 4 is 5.69 Å². The molecule has 1 heterocycles. The van der Waals surface area contributed by atoms with Gasteiger partial charge >= 0.3 is 0 Å². The Kier molecular flexibility index (Phi) is 4.75. The summed E-state index contributed by atoms with van der Waals surface area (Å²) in [5.41, 5.74) is 0.960. The van der Waals surface area contributed by atoms with Crippen LogP contribution in [0.25, 0.3) is 0 Å². The molecule has 0 radical (unpaired) electrons. The number of hydrogen-bond acceptors (Lipinski definition) is 3. The van der Waals surface area contributed by atoms with Crippen molar-refractivity contribution in [3.63, 3.8) is 0 Å². The number of likely N-dealkylation sites (N-methyl/N-ethyl adjacent to an activating group) is 1. The fraction of sp³-hybridized carbons (Fsp3) is 0.533. The van der Waals surface area contributed by atoms with Gasteiger partial charge in [0.25, 0.3) is 0 Å². The van der Waals surface area contributed by atoms with Gasteiger partial charge in [-0.05, 0) is 44.5 Å². The summed E-state index contributed by atoms with van der Waals surface area (Å²) >= 11 is 0. The van der Waals surface area contributed by atoms with Crippen LogP contribution in [-0.2, 0) is 0 Å². The quantitative estimate of drug-likeness (QED) is 0.905. The molecule has 2 rings (SSSR count). The summed E-state index contributed by atoms with van der Waals surface area (Å²) in [6.45, 7) is 4.67. The molecule has 1 fully saturated rings. The largest absolute Gasteiger partial charge is 0.368 e. The minimum atomic E-state index is -0.309. The molecule has 0 spiro atoms. The van der Waals surface area contributed by atoms with Gasteiger partial charge in [-0.25, -0.2) is 4.39 Å². The Morgan fingerprint density at radius 3 is 2.89 bits per heavy atom. The van der Waals surface area contributed by atoms with E-state index in [-0.39, 0.29) is 5.82 Å². The molecule has 1 aliphatic heterocycles. The lowest BCUT2D eigenvalue weighted by molar-refractivity contribution is 0.399. The van der Waals surface area contributed by atoms with E-state index < -0.39 is 0 Å². The van der Waals surface area contributed by atoms with Gasteiger partial charge in [0.05, 0.1) is 17.3 Å². The first-order chi connectivity index (χ1) is 9.24. The number of hydrogen-bond donors (Lipinski definition) is 1. The van der Waals surface area contributed by atoms with Gasteiger partial charge in [0.15, 0.2) is 0 Å². The van der Waals surface area contributed by atoms with Crippen molar-refractivity contribution in [2.24, 2.45) is 0 Å². The predicted octanol–water partition coefficient (Wildman–Crippen LogP) is 2.67. The fourth-order valence-corrected chi connectivity index (χ4v) is 2.58. The van der Waals surface area contributed by atoms with E-state index in [1.165, 1.54) is 18.9 Å². The second kappa shape index (κ2) is 6.53. The van der Waals surface area contributed by atoms with Gasteiger partial charge in [0.2, 0.25) is 0 Å². The van der Waals surface area contributed by atoms with E-state index in [1.807, 2.05) is 17.9 Å². The number of piperidine rings is 1. The summed E-state index contributed by atoms with van der Waals surface area (Å²) in [5, 5.41) is 12.2. The zero-order valence-electron chi connectivity index (χ0n) is 11.3. The fourth-order valence-electron chi connectivity index (χ4n) is 2.58. The number of nitrogens with zero attached hydrogens (tertiary/aromatic N) is 2. The van der Waals surface area contributed by atoms with Gasteiger partial charge in [-0.15, -0.1) is 0 Å². The molecule has 1 saturated heterocycles. The number of benzene rings is 1. The lowest BCUT2D eigenvalue weighted by Crippen LogP contribution is -2.44. The van der Waals surface area contributed by atoms with Crippen LogP contribution in [0.3, 0.4) is 0 Å². The van der Waals surface area contributed by atoms with Crippen LogP contribution in [-0.4, -0.2) is 25.7 Å². The van der Waals surface area contributed by atoms with Crippen LogP contribution in [0.1, 0.15) is 31.7 Å². The third-order valence-electron chi connectivity index (χ3n) is 3.65. The molecule has 0 amide bonds. The Hall–Kier alpha value is -1.60. The van der Waals surface area contributed by atoms with E-state index in [4.69, 9.17) is 5.26 Å². The normalized spacial score (nSPS) is 18.9. The molecule has 1 aliphatic rings. The Morgan fingerprint density at radius 1 is 1.47 bits per heavy atom. The second-order valence-corrected chi connectivity index (χ2v) is 4.96. The SMILES string of the molecule is CCN(CC1CCCCN1)c1ccc(C#N)cc1F. The second-order valence-electron chi connectivity index (χ2n) is 4.96. The molecule has 3 nitrogen and oxygen atoms in total. The standard InChI is InChI=1S/C15H20FN3/c1-2-19(11-13-5-3-4-8-18-13)15-7-6-12(10-17)9-14(15)16/h6-7,9,13,18H,2-5,8,11H2,1H3. The summed E-state index contributed by atoms with van der Waals surface area (Å²) in [5.74, 6) is -0.309. The van der Waals surface area contributed by atoms with Crippen LogP contribution in [0.2, 0.25) is 0 Å². The number of anilines is 1. The zero-order valence-corrected chi connectivity index (χ0v) is 11.3. The topological polar surface area (TPSA) is 39.1 Å². The van der Waals surface area contributed by atoms with E-state index in [1.54, 1.807) is 12.1 Å². The lowest BCUT2D eigenvalue weighted by Gasteiger charge is -2.31. The molecule has 1 atom stereocenters. The van der Waals surface area contributed by atoms with Crippen LogP contribution in [0.5, 0.6) is 0 Å². The van der Waals surface area contributed by atoms with Crippen LogP contribution in [0, 0.1) is 17.1 Å². The Morgan fingerprint density at radius 2 is 2.32 bits per heavy atom. The third kappa shape index (κ3) is 3.45. The first-order valence-electron chi connectivity index (χ1n) is 6.92. The highest BCUT2D eigenvalue weighted by Crippen LogP contribution is 2.21. The summed E-state index contributed by atoms with van der Waals surface area (Å²) in [6, 6.07) is 7.09. The Balaban J connectivity index is 2.10. The van der Waals surface area contributed by atoms with E-state index in [2.05, 4.69) is 5.32 Å². The van der Waals surface area contributed by atoms with E-state index in [0.717, 1.165) is 26.1 Å². The smallest absolute Gasteiger partial charge is 0.147 e. The molecule has 1 unspecified atom stereocenters. The molecule has 102 valence electrons. The van der Waals surface area contributed by atoms with Crippen molar-refractivity contribution in [1.29, 1.82) is 5.26 Å². The summed E-state index contributed by atoms with van der Waals surface area (Å²) in [4.78, 5) is 2.04. The molecule has 4 heteroatoms. The van der Waals surface area contributed by atoms with E-state index in [0.29, 0.717) is 17.3 Å². The van der Waals surface area contributed by atoms with Crippen LogP contribution < -0.4 is 10.2 Å². The minimum absolute atomic E-state index is 0.309. The average molecular weight is 261 g/mol. The molecule has 0 aliphatic carbocycles. The van der Waals surface area contributed by atoms with Gasteiger partial charge in [-0.2, -0.15) is 5.26 Å². The first kappa shape index (κ1) is 13.8. The zero-order chi connectivity index (χ0) is 13.7. The van der Waals surface area contributed by atoms with Crippen LogP contribution in [0.15, 0.2) is 18.2 Å². The van der Waals surface area contributed by atoms with Crippen molar-refractivity contribution in [1.82, 2.24) is 5.32 Å². The maximum Gasteiger partial charge on any atom is 0.147 e. The Bertz CT molecular complexity index is 461. The molecule has 1 aromatic carbocycles. The molecule has 0 aromatic heterocycles. The van der Waals surface area contributed by atoms with Crippen LogP contribution >= 0.6 is 0 Å². The summed E-state index contributed by atoms with van der Waals surface area (Å²) in [7, 11) is 0. The van der Waals surface area contributed by atoms with Gasteiger partial charge in [0, 0.05) is 19.1 Å². The molecular weight excluding hydrogens is 241 g/mol. The molecule has 0 bridgehead atoms. The molecule has 1 aromatic rings. The van der Waals surface area contributed by atoms with Crippen LogP contribution in [0.4, 0.5) is 10.1 Å². The molecule has 19 heavy (non-hydrogen) atoms. The maximum absolute atomic E-state index is 14.0. The van der Waals surface area contributed by atoms with Crippen molar-refractivity contribution in [2.45, 2.75) is 32.2 Å². The molecular formula is C15H20FN3. The summed E-state index contributed by atoms with van der Waals surface area (Å²) < 4.78 is 14.0. The highest BCUT2D eigenvalue weighted by molar-refractivity contribution is 5.51.